The summed E-state index contributed by atoms with van der Waals surface area (Å²) in [7, 11) is 0. The Hall–Kier alpha value is -1.62. The standard InChI is InChI=1S/C10H11ClN4O/c1-8-13-9(11)7-10(16)15(8)6-5-14-4-2-3-12-14/h2-4,7H,5-6H2,1H3. The number of halogens is 1. The molecule has 0 saturated heterocycles. The first-order valence-electron chi connectivity index (χ1n) is 4.88. The molecule has 0 aliphatic heterocycles. The van der Waals surface area contributed by atoms with Gasteiger partial charge in [0.15, 0.2) is 0 Å². The van der Waals surface area contributed by atoms with Crippen LogP contribution in [-0.4, -0.2) is 19.3 Å². The highest BCUT2D eigenvalue weighted by Gasteiger charge is 2.03. The highest BCUT2D eigenvalue weighted by Crippen LogP contribution is 2.01. The van der Waals surface area contributed by atoms with Gasteiger partial charge in [-0.1, -0.05) is 11.6 Å². The van der Waals surface area contributed by atoms with Crippen molar-refractivity contribution in [3.8, 4) is 0 Å². The Morgan fingerprint density at radius 2 is 2.25 bits per heavy atom. The molecule has 2 heterocycles. The Kier molecular flexibility index (Phi) is 3.05. The minimum atomic E-state index is -0.135. The molecular formula is C10H11ClN4O. The van der Waals surface area contributed by atoms with Crippen LogP contribution in [-0.2, 0) is 13.1 Å². The summed E-state index contributed by atoms with van der Waals surface area (Å²) in [5, 5.41) is 4.30. The van der Waals surface area contributed by atoms with Gasteiger partial charge in [0.05, 0.1) is 6.54 Å². The van der Waals surface area contributed by atoms with E-state index < -0.39 is 0 Å². The van der Waals surface area contributed by atoms with E-state index in [9.17, 15) is 4.79 Å². The van der Waals surface area contributed by atoms with Crippen LogP contribution in [0.3, 0.4) is 0 Å². The lowest BCUT2D eigenvalue weighted by Crippen LogP contribution is -2.25. The molecule has 0 bridgehead atoms. The maximum absolute atomic E-state index is 11.6. The van der Waals surface area contributed by atoms with Crippen LogP contribution in [0.2, 0.25) is 5.15 Å². The summed E-state index contributed by atoms with van der Waals surface area (Å²) in [4.78, 5) is 15.7. The van der Waals surface area contributed by atoms with Gasteiger partial charge in [0.1, 0.15) is 11.0 Å². The SMILES string of the molecule is Cc1nc(Cl)cc(=O)n1CCn1cccn1. The highest BCUT2D eigenvalue weighted by molar-refractivity contribution is 6.29. The Labute approximate surface area is 97.3 Å². The molecule has 0 fully saturated rings. The van der Waals surface area contributed by atoms with Crippen molar-refractivity contribution in [1.82, 2.24) is 19.3 Å². The summed E-state index contributed by atoms with van der Waals surface area (Å²) < 4.78 is 3.34. The molecule has 0 spiro atoms. The number of aromatic nitrogens is 4. The van der Waals surface area contributed by atoms with Gasteiger partial charge in [-0.25, -0.2) is 4.98 Å². The fourth-order valence-corrected chi connectivity index (χ4v) is 1.71. The minimum Gasteiger partial charge on any atom is -0.295 e. The van der Waals surface area contributed by atoms with Crippen LogP contribution in [0.4, 0.5) is 0 Å². The van der Waals surface area contributed by atoms with Crippen molar-refractivity contribution in [3.05, 3.63) is 45.9 Å². The topological polar surface area (TPSA) is 52.7 Å². The smallest absolute Gasteiger partial charge is 0.255 e. The quantitative estimate of drug-likeness (QED) is 0.753. The lowest BCUT2D eigenvalue weighted by molar-refractivity contribution is 0.509. The van der Waals surface area contributed by atoms with Crippen LogP contribution in [0, 0.1) is 6.92 Å². The Morgan fingerprint density at radius 3 is 2.88 bits per heavy atom. The molecule has 0 amide bonds. The van der Waals surface area contributed by atoms with Crippen LogP contribution in [0.25, 0.3) is 0 Å². The van der Waals surface area contributed by atoms with Crippen LogP contribution in [0.15, 0.2) is 29.3 Å². The molecule has 2 aromatic heterocycles. The van der Waals surface area contributed by atoms with E-state index in [0.717, 1.165) is 0 Å². The molecule has 2 rings (SSSR count). The third-order valence-corrected chi connectivity index (χ3v) is 2.47. The van der Waals surface area contributed by atoms with Crippen molar-refractivity contribution in [3.63, 3.8) is 0 Å². The third-order valence-electron chi connectivity index (χ3n) is 2.28. The predicted octanol–water partition coefficient (Wildman–Crippen LogP) is 1.10. The summed E-state index contributed by atoms with van der Waals surface area (Å²) >= 11 is 5.68. The normalized spacial score (nSPS) is 10.6. The molecular weight excluding hydrogens is 228 g/mol. The van der Waals surface area contributed by atoms with Crippen molar-refractivity contribution >= 4 is 11.6 Å². The van der Waals surface area contributed by atoms with Crippen LogP contribution in [0.5, 0.6) is 0 Å². The Bertz CT molecular complexity index is 532. The summed E-state index contributed by atoms with van der Waals surface area (Å²) in [6, 6.07) is 3.16. The molecule has 84 valence electrons. The number of hydrogen-bond donors (Lipinski definition) is 0. The molecule has 0 atom stereocenters. The van der Waals surface area contributed by atoms with E-state index >= 15 is 0 Å². The van der Waals surface area contributed by atoms with Gasteiger partial charge in [-0.2, -0.15) is 5.10 Å². The first-order valence-corrected chi connectivity index (χ1v) is 5.26. The molecule has 5 nitrogen and oxygen atoms in total. The van der Waals surface area contributed by atoms with Gasteiger partial charge in [-0.05, 0) is 13.0 Å². The Morgan fingerprint density at radius 1 is 1.44 bits per heavy atom. The number of nitrogens with zero attached hydrogens (tertiary/aromatic N) is 4. The van der Waals surface area contributed by atoms with Gasteiger partial charge >= 0.3 is 0 Å². The molecule has 0 aliphatic carbocycles. The highest BCUT2D eigenvalue weighted by atomic mass is 35.5. The van der Waals surface area contributed by atoms with E-state index in [1.807, 2.05) is 12.3 Å². The zero-order valence-electron chi connectivity index (χ0n) is 8.80. The second-order valence-corrected chi connectivity index (χ2v) is 3.77. The van der Waals surface area contributed by atoms with E-state index in [4.69, 9.17) is 11.6 Å². The maximum Gasteiger partial charge on any atom is 0.255 e. The van der Waals surface area contributed by atoms with Gasteiger partial charge in [-0.3, -0.25) is 14.0 Å². The first kappa shape index (κ1) is 10.9. The Balaban J connectivity index is 2.19. The fraction of sp³-hybridized carbons (Fsp3) is 0.300. The zero-order chi connectivity index (χ0) is 11.5. The molecule has 16 heavy (non-hydrogen) atoms. The van der Waals surface area contributed by atoms with Crippen molar-refractivity contribution in [2.24, 2.45) is 0 Å². The van der Waals surface area contributed by atoms with Crippen molar-refractivity contribution in [2.75, 3.05) is 0 Å². The largest absolute Gasteiger partial charge is 0.295 e. The molecule has 2 aromatic rings. The van der Waals surface area contributed by atoms with Crippen LogP contribution >= 0.6 is 11.6 Å². The summed E-state index contributed by atoms with van der Waals surface area (Å²) in [6.07, 6.45) is 3.56. The van der Waals surface area contributed by atoms with Gasteiger partial charge in [0.2, 0.25) is 0 Å². The van der Waals surface area contributed by atoms with E-state index in [-0.39, 0.29) is 10.7 Å². The van der Waals surface area contributed by atoms with Crippen LogP contribution in [0.1, 0.15) is 5.82 Å². The lowest BCUT2D eigenvalue weighted by Gasteiger charge is -2.08. The molecule has 0 radical (unpaired) electrons. The minimum absolute atomic E-state index is 0.135. The van der Waals surface area contributed by atoms with Crippen molar-refractivity contribution < 1.29 is 0 Å². The average Bonchev–Trinajstić information content (AvgIpc) is 2.68. The average molecular weight is 239 g/mol. The second kappa shape index (κ2) is 4.49. The number of hydrogen-bond acceptors (Lipinski definition) is 3. The van der Waals surface area contributed by atoms with Crippen molar-refractivity contribution in [2.45, 2.75) is 20.0 Å². The van der Waals surface area contributed by atoms with Gasteiger partial charge in [0.25, 0.3) is 5.56 Å². The fourth-order valence-electron chi connectivity index (χ4n) is 1.49. The summed E-state index contributed by atoms with van der Waals surface area (Å²) in [5.74, 6) is 0.615. The van der Waals surface area contributed by atoms with E-state index in [1.165, 1.54) is 6.07 Å². The third kappa shape index (κ3) is 2.30. The molecule has 0 aliphatic rings. The summed E-state index contributed by atoms with van der Waals surface area (Å²) in [6.45, 7) is 2.93. The van der Waals surface area contributed by atoms with E-state index in [2.05, 4.69) is 10.1 Å². The molecule has 0 N–H and O–H groups in total. The van der Waals surface area contributed by atoms with Crippen molar-refractivity contribution in [1.29, 1.82) is 0 Å². The molecule has 0 unspecified atom stereocenters. The predicted molar refractivity (Wildman–Crippen MR) is 60.5 cm³/mol. The maximum atomic E-state index is 11.6. The van der Waals surface area contributed by atoms with Gasteiger partial charge < -0.3 is 0 Å². The molecule has 0 saturated carbocycles. The number of rotatable bonds is 3. The zero-order valence-corrected chi connectivity index (χ0v) is 9.55. The van der Waals surface area contributed by atoms with E-state index in [0.29, 0.717) is 18.9 Å². The lowest BCUT2D eigenvalue weighted by atomic mass is 10.5. The monoisotopic (exact) mass is 238 g/mol. The van der Waals surface area contributed by atoms with Gasteiger partial charge in [-0.15, -0.1) is 0 Å². The molecule has 6 heteroatoms. The van der Waals surface area contributed by atoms with Crippen LogP contribution < -0.4 is 5.56 Å². The summed E-state index contributed by atoms with van der Waals surface area (Å²) in [5.41, 5.74) is -0.135. The van der Waals surface area contributed by atoms with Gasteiger partial charge in [0, 0.05) is 25.0 Å². The number of aryl methyl sites for hydroxylation is 2. The van der Waals surface area contributed by atoms with E-state index in [1.54, 1.807) is 22.4 Å². The molecule has 0 aromatic carbocycles. The second-order valence-electron chi connectivity index (χ2n) is 3.39. The first-order chi connectivity index (χ1) is 7.66.